The molecule has 0 amide bonds. The number of nitrogens with one attached hydrogen (secondary N) is 1. The van der Waals surface area contributed by atoms with E-state index in [2.05, 4.69) is 4.72 Å². The molecule has 0 aromatic carbocycles. The molecule has 1 N–H and O–H groups in total. The van der Waals surface area contributed by atoms with E-state index in [1.807, 2.05) is 0 Å². The predicted molar refractivity (Wildman–Crippen MR) is 61.7 cm³/mol. The SMILES string of the molecule is O=S1(=O)CCC(NS(=O)(=O)c2cccs2)C1. The quantitative estimate of drug-likeness (QED) is 0.859. The summed E-state index contributed by atoms with van der Waals surface area (Å²) in [5, 5.41) is 1.67. The first-order chi connectivity index (χ1) is 7.39. The maximum Gasteiger partial charge on any atom is 0.250 e. The molecule has 8 heteroatoms. The third kappa shape index (κ3) is 2.62. The van der Waals surface area contributed by atoms with Gasteiger partial charge in [0.2, 0.25) is 10.0 Å². The number of sulfonamides is 1. The van der Waals surface area contributed by atoms with Crippen molar-refractivity contribution in [3.8, 4) is 0 Å². The van der Waals surface area contributed by atoms with Crippen molar-refractivity contribution in [2.24, 2.45) is 0 Å². The van der Waals surface area contributed by atoms with Gasteiger partial charge >= 0.3 is 0 Å². The van der Waals surface area contributed by atoms with Crippen LogP contribution >= 0.6 is 11.3 Å². The van der Waals surface area contributed by atoms with E-state index in [9.17, 15) is 16.8 Å². The second-order valence-electron chi connectivity index (χ2n) is 3.65. The molecule has 90 valence electrons. The number of hydrogen-bond donors (Lipinski definition) is 1. The summed E-state index contributed by atoms with van der Waals surface area (Å²) in [7, 11) is -6.61. The largest absolute Gasteiger partial charge is 0.250 e. The van der Waals surface area contributed by atoms with E-state index in [4.69, 9.17) is 0 Å². The van der Waals surface area contributed by atoms with Crippen LogP contribution in [0.25, 0.3) is 0 Å². The third-order valence-electron chi connectivity index (χ3n) is 2.31. The summed E-state index contributed by atoms with van der Waals surface area (Å²) in [6.45, 7) is 0. The maximum atomic E-state index is 11.8. The second-order valence-corrected chi connectivity index (χ2v) is 8.77. The van der Waals surface area contributed by atoms with Crippen molar-refractivity contribution in [1.82, 2.24) is 4.72 Å². The standard InChI is InChI=1S/C8H11NO4S3/c10-15(11)5-3-7(6-15)9-16(12,13)8-2-1-4-14-8/h1-2,4,7,9H,3,5-6H2. The normalized spacial score (nSPS) is 24.6. The second kappa shape index (κ2) is 4.10. The molecule has 1 atom stereocenters. The molecular weight excluding hydrogens is 270 g/mol. The summed E-state index contributed by atoms with van der Waals surface area (Å²) in [4.78, 5) is 0. The van der Waals surface area contributed by atoms with Crippen LogP contribution in [0.1, 0.15) is 6.42 Å². The molecule has 0 radical (unpaired) electrons. The van der Waals surface area contributed by atoms with Crippen LogP contribution in [0.15, 0.2) is 21.7 Å². The van der Waals surface area contributed by atoms with Gasteiger partial charge in [-0.2, -0.15) is 0 Å². The molecule has 1 aliphatic rings. The zero-order valence-corrected chi connectivity index (χ0v) is 10.7. The van der Waals surface area contributed by atoms with Gasteiger partial charge in [-0.05, 0) is 17.9 Å². The Kier molecular flexibility index (Phi) is 3.08. The first-order valence-electron chi connectivity index (χ1n) is 4.65. The van der Waals surface area contributed by atoms with Gasteiger partial charge in [0, 0.05) is 6.04 Å². The zero-order chi connectivity index (χ0) is 11.8. The van der Waals surface area contributed by atoms with Gasteiger partial charge in [0.1, 0.15) is 4.21 Å². The lowest BCUT2D eigenvalue weighted by atomic mass is 10.3. The van der Waals surface area contributed by atoms with Crippen LogP contribution in [0.2, 0.25) is 0 Å². The average Bonchev–Trinajstić information content (AvgIpc) is 2.74. The Hall–Kier alpha value is -0.440. The van der Waals surface area contributed by atoms with Crippen molar-refractivity contribution < 1.29 is 16.8 Å². The van der Waals surface area contributed by atoms with E-state index in [-0.39, 0.29) is 15.7 Å². The highest BCUT2D eigenvalue weighted by atomic mass is 32.2. The molecule has 2 heterocycles. The highest BCUT2D eigenvalue weighted by Crippen LogP contribution is 2.18. The van der Waals surface area contributed by atoms with Crippen LogP contribution in [0, 0.1) is 0 Å². The first kappa shape index (κ1) is 12.0. The van der Waals surface area contributed by atoms with Crippen LogP contribution in [-0.4, -0.2) is 34.4 Å². The van der Waals surface area contributed by atoms with Crippen LogP contribution < -0.4 is 4.72 Å². The highest BCUT2D eigenvalue weighted by Gasteiger charge is 2.31. The van der Waals surface area contributed by atoms with Crippen LogP contribution in [0.4, 0.5) is 0 Å². The Labute approximate surface area is 98.5 Å². The monoisotopic (exact) mass is 281 g/mol. The minimum atomic E-state index is -3.55. The van der Waals surface area contributed by atoms with E-state index in [1.165, 1.54) is 6.07 Å². The molecule has 16 heavy (non-hydrogen) atoms. The van der Waals surface area contributed by atoms with Gasteiger partial charge < -0.3 is 0 Å². The molecule has 0 aliphatic carbocycles. The summed E-state index contributed by atoms with van der Waals surface area (Å²) in [5.41, 5.74) is 0. The summed E-state index contributed by atoms with van der Waals surface area (Å²) < 4.78 is 48.5. The molecule has 1 saturated heterocycles. The van der Waals surface area contributed by atoms with E-state index in [0.717, 1.165) is 11.3 Å². The van der Waals surface area contributed by atoms with Crippen molar-refractivity contribution in [2.45, 2.75) is 16.7 Å². The lowest BCUT2D eigenvalue weighted by Gasteiger charge is -2.09. The number of sulfone groups is 1. The Morgan fingerprint density at radius 1 is 1.44 bits per heavy atom. The molecular formula is C8H11NO4S3. The summed E-state index contributed by atoms with van der Waals surface area (Å²) >= 11 is 1.11. The highest BCUT2D eigenvalue weighted by molar-refractivity contribution is 7.92. The van der Waals surface area contributed by atoms with Crippen molar-refractivity contribution in [3.05, 3.63) is 17.5 Å². The lowest BCUT2D eigenvalue weighted by molar-refractivity contribution is 0.564. The molecule has 1 fully saturated rings. The maximum absolute atomic E-state index is 11.8. The van der Waals surface area contributed by atoms with Crippen molar-refractivity contribution in [1.29, 1.82) is 0 Å². The molecule has 0 saturated carbocycles. The number of thiophene rings is 1. The van der Waals surface area contributed by atoms with E-state index in [1.54, 1.807) is 11.4 Å². The number of rotatable bonds is 3. The van der Waals surface area contributed by atoms with E-state index < -0.39 is 25.9 Å². The molecule has 2 rings (SSSR count). The molecule has 1 aromatic rings. The van der Waals surface area contributed by atoms with E-state index in [0.29, 0.717) is 6.42 Å². The minimum absolute atomic E-state index is 0.0601. The van der Waals surface area contributed by atoms with Gasteiger partial charge in [0.05, 0.1) is 11.5 Å². The predicted octanol–water partition coefficient (Wildman–Crippen LogP) is 0.213. The first-order valence-corrected chi connectivity index (χ1v) is 8.84. The summed E-state index contributed by atoms with van der Waals surface area (Å²) in [6, 6.07) is 2.65. The molecule has 5 nitrogen and oxygen atoms in total. The van der Waals surface area contributed by atoms with Gasteiger partial charge in [0.25, 0.3) is 0 Å². The topological polar surface area (TPSA) is 80.3 Å². The Bertz CT molecular complexity index is 558. The van der Waals surface area contributed by atoms with Crippen LogP contribution in [0.3, 0.4) is 0 Å². The molecule has 0 bridgehead atoms. The Balaban J connectivity index is 2.12. The van der Waals surface area contributed by atoms with Crippen LogP contribution in [0.5, 0.6) is 0 Å². The van der Waals surface area contributed by atoms with Gasteiger partial charge in [-0.1, -0.05) is 6.07 Å². The van der Waals surface area contributed by atoms with Crippen molar-refractivity contribution >= 4 is 31.2 Å². The summed E-state index contributed by atoms with van der Waals surface area (Å²) in [6.07, 6.45) is 0.354. The fraction of sp³-hybridized carbons (Fsp3) is 0.500. The lowest BCUT2D eigenvalue weighted by Crippen LogP contribution is -2.35. The third-order valence-corrected chi connectivity index (χ3v) is 7.00. The Morgan fingerprint density at radius 3 is 2.69 bits per heavy atom. The smallest absolute Gasteiger partial charge is 0.229 e. The molecule has 0 spiro atoms. The fourth-order valence-electron chi connectivity index (χ4n) is 1.58. The van der Waals surface area contributed by atoms with Gasteiger partial charge in [-0.25, -0.2) is 21.6 Å². The molecule has 1 aliphatic heterocycles. The summed E-state index contributed by atoms with van der Waals surface area (Å²) in [5.74, 6) is -0.0395. The van der Waals surface area contributed by atoms with E-state index >= 15 is 0 Å². The van der Waals surface area contributed by atoms with Gasteiger partial charge in [-0.3, -0.25) is 0 Å². The fourth-order valence-corrected chi connectivity index (χ4v) is 5.64. The number of hydrogen-bond acceptors (Lipinski definition) is 5. The average molecular weight is 281 g/mol. The molecule has 1 aromatic heterocycles. The van der Waals surface area contributed by atoms with Gasteiger partial charge in [-0.15, -0.1) is 11.3 Å². The van der Waals surface area contributed by atoms with Gasteiger partial charge in [0.15, 0.2) is 9.84 Å². The van der Waals surface area contributed by atoms with Crippen molar-refractivity contribution in [3.63, 3.8) is 0 Å². The van der Waals surface area contributed by atoms with Crippen LogP contribution in [-0.2, 0) is 19.9 Å². The zero-order valence-electron chi connectivity index (χ0n) is 8.29. The minimum Gasteiger partial charge on any atom is -0.229 e. The van der Waals surface area contributed by atoms with Crippen molar-refractivity contribution in [2.75, 3.05) is 11.5 Å². The Morgan fingerprint density at radius 2 is 2.19 bits per heavy atom. The molecule has 1 unspecified atom stereocenters.